The molecule has 2 atom stereocenters. The number of aryl methyl sites for hydroxylation is 1. The molecular weight excluding hydrogens is 302 g/mol. The first-order chi connectivity index (χ1) is 10.1. The molecule has 0 aliphatic carbocycles. The van der Waals surface area contributed by atoms with Crippen molar-refractivity contribution in [3.05, 3.63) is 38.5 Å². The van der Waals surface area contributed by atoms with E-state index in [0.29, 0.717) is 0 Å². The average Bonchev–Trinajstić information content (AvgIpc) is 3.07. The van der Waals surface area contributed by atoms with Crippen molar-refractivity contribution in [2.45, 2.75) is 45.7 Å². The van der Waals surface area contributed by atoms with Crippen LogP contribution in [0.25, 0.3) is 0 Å². The minimum absolute atomic E-state index is 0.0166. The molecular formula is C15H21N3OS2. The van der Waals surface area contributed by atoms with Gasteiger partial charge < -0.3 is 10.6 Å². The van der Waals surface area contributed by atoms with E-state index in [0.717, 1.165) is 23.5 Å². The molecule has 0 fully saturated rings. The smallest absolute Gasteiger partial charge is 0.315 e. The van der Waals surface area contributed by atoms with Gasteiger partial charge in [0.2, 0.25) is 0 Å². The third kappa shape index (κ3) is 4.82. The van der Waals surface area contributed by atoms with Gasteiger partial charge in [-0.05, 0) is 49.1 Å². The highest BCUT2D eigenvalue weighted by Crippen LogP contribution is 2.20. The molecule has 2 N–H and O–H groups in total. The van der Waals surface area contributed by atoms with Crippen molar-refractivity contribution >= 4 is 28.7 Å². The minimum Gasteiger partial charge on any atom is -0.335 e. The number of amides is 2. The van der Waals surface area contributed by atoms with Gasteiger partial charge in [-0.25, -0.2) is 9.78 Å². The van der Waals surface area contributed by atoms with Crippen LogP contribution in [0.4, 0.5) is 4.79 Å². The highest BCUT2D eigenvalue weighted by Gasteiger charge is 2.17. The summed E-state index contributed by atoms with van der Waals surface area (Å²) in [6.45, 7) is 6.04. The number of thiazole rings is 1. The van der Waals surface area contributed by atoms with E-state index < -0.39 is 0 Å². The first kappa shape index (κ1) is 16.0. The summed E-state index contributed by atoms with van der Waals surface area (Å²) in [5.74, 6) is 0. The molecule has 2 amide bonds. The number of carbonyl (C=O) groups is 1. The molecule has 0 bridgehead atoms. The van der Waals surface area contributed by atoms with Gasteiger partial charge in [0.25, 0.3) is 0 Å². The SMILES string of the molecule is CC[C@H](NC(=O)N[C@@H](C)Cc1ccsc1)c1nc(C)cs1. The van der Waals surface area contributed by atoms with Crippen LogP contribution < -0.4 is 10.6 Å². The molecule has 2 rings (SSSR count). The van der Waals surface area contributed by atoms with Crippen LogP contribution in [-0.2, 0) is 6.42 Å². The summed E-state index contributed by atoms with van der Waals surface area (Å²) < 4.78 is 0. The predicted octanol–water partition coefficient (Wildman–Crippen LogP) is 3.89. The van der Waals surface area contributed by atoms with Crippen LogP contribution in [0.2, 0.25) is 0 Å². The molecule has 21 heavy (non-hydrogen) atoms. The third-order valence-electron chi connectivity index (χ3n) is 3.15. The van der Waals surface area contributed by atoms with Gasteiger partial charge in [-0.15, -0.1) is 11.3 Å². The number of hydrogen-bond donors (Lipinski definition) is 2. The number of thiophene rings is 1. The lowest BCUT2D eigenvalue weighted by Crippen LogP contribution is -2.43. The number of urea groups is 1. The fraction of sp³-hybridized carbons (Fsp3) is 0.467. The molecule has 2 aromatic rings. The maximum Gasteiger partial charge on any atom is 0.315 e. The highest BCUT2D eigenvalue weighted by molar-refractivity contribution is 7.09. The fourth-order valence-corrected chi connectivity index (χ4v) is 3.72. The van der Waals surface area contributed by atoms with Crippen molar-refractivity contribution in [3.63, 3.8) is 0 Å². The zero-order chi connectivity index (χ0) is 15.2. The van der Waals surface area contributed by atoms with E-state index in [-0.39, 0.29) is 18.1 Å². The molecule has 0 aromatic carbocycles. The lowest BCUT2D eigenvalue weighted by molar-refractivity contribution is 0.233. The number of aromatic nitrogens is 1. The Morgan fingerprint density at radius 3 is 2.76 bits per heavy atom. The predicted molar refractivity (Wildman–Crippen MR) is 89.0 cm³/mol. The van der Waals surface area contributed by atoms with Crippen molar-refractivity contribution in [3.8, 4) is 0 Å². The van der Waals surface area contributed by atoms with Crippen LogP contribution in [0.5, 0.6) is 0 Å². The monoisotopic (exact) mass is 323 g/mol. The van der Waals surface area contributed by atoms with Gasteiger partial charge >= 0.3 is 6.03 Å². The number of nitrogens with one attached hydrogen (secondary N) is 2. The molecule has 0 saturated heterocycles. The Hall–Kier alpha value is -1.40. The standard InChI is InChI=1S/C15H21N3OS2/c1-4-13(14-16-11(3)8-21-14)18-15(19)17-10(2)7-12-5-6-20-9-12/h5-6,8-10,13H,4,7H2,1-3H3,(H2,17,18,19)/t10-,13-/m0/s1. The first-order valence-corrected chi connectivity index (χ1v) is 8.90. The zero-order valence-corrected chi connectivity index (χ0v) is 14.2. The van der Waals surface area contributed by atoms with Crippen LogP contribution in [0, 0.1) is 6.92 Å². The lowest BCUT2D eigenvalue weighted by Gasteiger charge is -2.18. The molecule has 0 aliphatic heterocycles. The van der Waals surface area contributed by atoms with Crippen molar-refractivity contribution in [2.75, 3.05) is 0 Å². The van der Waals surface area contributed by atoms with E-state index >= 15 is 0 Å². The maximum absolute atomic E-state index is 12.1. The summed E-state index contributed by atoms with van der Waals surface area (Å²) in [6, 6.07) is 2.05. The van der Waals surface area contributed by atoms with E-state index in [1.807, 2.05) is 19.2 Å². The quantitative estimate of drug-likeness (QED) is 0.847. The summed E-state index contributed by atoms with van der Waals surface area (Å²) in [6.07, 6.45) is 1.68. The summed E-state index contributed by atoms with van der Waals surface area (Å²) in [5, 5.41) is 13.1. The molecule has 0 saturated carbocycles. The van der Waals surface area contributed by atoms with Crippen LogP contribution in [0.15, 0.2) is 22.2 Å². The van der Waals surface area contributed by atoms with Gasteiger partial charge in [0, 0.05) is 17.1 Å². The average molecular weight is 323 g/mol. The Labute approximate surface area is 133 Å². The fourth-order valence-electron chi connectivity index (χ4n) is 2.11. The Morgan fingerprint density at radius 2 is 2.19 bits per heavy atom. The first-order valence-electron chi connectivity index (χ1n) is 7.08. The molecule has 4 nitrogen and oxygen atoms in total. The molecule has 0 aliphatic rings. The summed E-state index contributed by atoms with van der Waals surface area (Å²) in [7, 11) is 0. The number of carbonyl (C=O) groups excluding carboxylic acids is 1. The van der Waals surface area contributed by atoms with Crippen LogP contribution in [0.3, 0.4) is 0 Å². The van der Waals surface area contributed by atoms with E-state index in [9.17, 15) is 4.79 Å². The molecule has 0 unspecified atom stereocenters. The van der Waals surface area contributed by atoms with Crippen molar-refractivity contribution < 1.29 is 4.79 Å². The summed E-state index contributed by atoms with van der Waals surface area (Å²) in [5.41, 5.74) is 2.26. The second-order valence-corrected chi connectivity index (χ2v) is 6.81. The van der Waals surface area contributed by atoms with E-state index in [1.54, 1.807) is 22.7 Å². The maximum atomic E-state index is 12.1. The number of nitrogens with zero attached hydrogens (tertiary/aromatic N) is 1. The molecule has 2 heterocycles. The number of rotatable bonds is 6. The Balaban J connectivity index is 1.85. The van der Waals surface area contributed by atoms with Crippen molar-refractivity contribution in [2.24, 2.45) is 0 Å². The molecule has 2 aromatic heterocycles. The van der Waals surface area contributed by atoms with Crippen LogP contribution in [-0.4, -0.2) is 17.1 Å². The third-order valence-corrected chi connectivity index (χ3v) is 4.96. The van der Waals surface area contributed by atoms with Crippen LogP contribution in [0.1, 0.15) is 42.6 Å². The molecule has 0 spiro atoms. The minimum atomic E-state index is -0.127. The molecule has 6 heteroatoms. The Morgan fingerprint density at radius 1 is 1.38 bits per heavy atom. The topological polar surface area (TPSA) is 54.0 Å². The second-order valence-electron chi connectivity index (χ2n) is 5.14. The lowest BCUT2D eigenvalue weighted by atomic mass is 10.1. The molecule has 114 valence electrons. The van der Waals surface area contributed by atoms with Crippen molar-refractivity contribution in [1.29, 1.82) is 0 Å². The van der Waals surface area contributed by atoms with Crippen molar-refractivity contribution in [1.82, 2.24) is 15.6 Å². The highest BCUT2D eigenvalue weighted by atomic mass is 32.1. The van der Waals surface area contributed by atoms with Gasteiger partial charge in [-0.1, -0.05) is 6.92 Å². The molecule has 0 radical (unpaired) electrons. The zero-order valence-electron chi connectivity index (χ0n) is 12.6. The van der Waals surface area contributed by atoms with E-state index in [1.165, 1.54) is 5.56 Å². The second kappa shape index (κ2) is 7.56. The van der Waals surface area contributed by atoms with E-state index in [4.69, 9.17) is 0 Å². The normalized spacial score (nSPS) is 13.7. The Bertz CT molecular complexity index is 565. The summed E-state index contributed by atoms with van der Waals surface area (Å²) in [4.78, 5) is 16.5. The van der Waals surface area contributed by atoms with Gasteiger partial charge in [-0.2, -0.15) is 11.3 Å². The largest absolute Gasteiger partial charge is 0.335 e. The van der Waals surface area contributed by atoms with Gasteiger partial charge in [0.05, 0.1) is 6.04 Å². The number of hydrogen-bond acceptors (Lipinski definition) is 4. The van der Waals surface area contributed by atoms with Gasteiger partial charge in [-0.3, -0.25) is 0 Å². The summed E-state index contributed by atoms with van der Waals surface area (Å²) >= 11 is 3.27. The van der Waals surface area contributed by atoms with E-state index in [2.05, 4.69) is 39.4 Å². The van der Waals surface area contributed by atoms with Gasteiger partial charge in [0.1, 0.15) is 5.01 Å². The van der Waals surface area contributed by atoms with Crippen LogP contribution >= 0.6 is 22.7 Å². The Kier molecular flexibility index (Phi) is 5.76. The van der Waals surface area contributed by atoms with Gasteiger partial charge in [0.15, 0.2) is 0 Å².